The van der Waals surface area contributed by atoms with Crippen LogP contribution in [0.3, 0.4) is 0 Å². The van der Waals surface area contributed by atoms with Crippen molar-refractivity contribution in [2.75, 3.05) is 5.73 Å². The number of rotatable bonds is 3. The van der Waals surface area contributed by atoms with Gasteiger partial charge in [0, 0.05) is 18.0 Å². The highest BCUT2D eigenvalue weighted by molar-refractivity contribution is 5.75. The van der Waals surface area contributed by atoms with Gasteiger partial charge in [0.2, 0.25) is 5.88 Å². The van der Waals surface area contributed by atoms with E-state index in [-0.39, 0.29) is 0 Å². The summed E-state index contributed by atoms with van der Waals surface area (Å²) in [6, 6.07) is 11.7. The number of nitrogens with zero attached hydrogens (tertiary/aromatic N) is 3. The molecule has 7 nitrogen and oxygen atoms in total. The first-order valence-electron chi connectivity index (χ1n) is 6.40. The van der Waals surface area contributed by atoms with Crippen molar-refractivity contribution in [3.8, 4) is 23.0 Å². The van der Waals surface area contributed by atoms with Crippen molar-refractivity contribution in [2.45, 2.75) is 0 Å². The molecule has 1 aromatic carbocycles. The van der Waals surface area contributed by atoms with Crippen molar-refractivity contribution >= 4 is 11.8 Å². The zero-order chi connectivity index (χ0) is 15.5. The average molecular weight is 296 g/mol. The molecule has 22 heavy (non-hydrogen) atoms. The summed E-state index contributed by atoms with van der Waals surface area (Å²) < 4.78 is 6.69. The van der Waals surface area contributed by atoms with E-state index in [1.165, 1.54) is 12.5 Å². The number of hydrogen-bond acceptors (Lipinski definition) is 5. The molecule has 0 bridgehead atoms. The first-order chi connectivity index (χ1) is 10.6. The SMILES string of the molecule is Nc1ccc(Oc2cc(-c3cccn3C(=O)O)ncn2)cc1. The Morgan fingerprint density at radius 1 is 1.18 bits per heavy atom. The fraction of sp³-hybridized carbons (Fsp3) is 0. The lowest BCUT2D eigenvalue weighted by Gasteiger charge is -2.07. The van der Waals surface area contributed by atoms with Crippen LogP contribution in [-0.4, -0.2) is 25.7 Å². The Morgan fingerprint density at radius 2 is 1.95 bits per heavy atom. The van der Waals surface area contributed by atoms with E-state index in [1.54, 1.807) is 42.5 Å². The molecule has 7 heteroatoms. The smallest absolute Gasteiger partial charge is 0.416 e. The monoisotopic (exact) mass is 296 g/mol. The quantitative estimate of drug-likeness (QED) is 0.720. The minimum absolute atomic E-state index is 0.313. The Balaban J connectivity index is 1.91. The largest absolute Gasteiger partial charge is 0.464 e. The molecule has 2 heterocycles. The number of nitrogen functional groups attached to an aromatic ring is 1. The van der Waals surface area contributed by atoms with Gasteiger partial charge in [-0.2, -0.15) is 0 Å². The van der Waals surface area contributed by atoms with Gasteiger partial charge in [0.1, 0.15) is 12.1 Å². The van der Waals surface area contributed by atoms with Crippen LogP contribution in [0.4, 0.5) is 10.5 Å². The van der Waals surface area contributed by atoms with Gasteiger partial charge in [-0.15, -0.1) is 0 Å². The van der Waals surface area contributed by atoms with Crippen LogP contribution in [0.1, 0.15) is 0 Å². The fourth-order valence-corrected chi connectivity index (χ4v) is 1.95. The molecule has 0 fully saturated rings. The summed E-state index contributed by atoms with van der Waals surface area (Å²) >= 11 is 0. The molecule has 0 aliphatic heterocycles. The zero-order valence-electron chi connectivity index (χ0n) is 11.4. The van der Waals surface area contributed by atoms with Gasteiger partial charge in [0.25, 0.3) is 0 Å². The molecule has 0 spiro atoms. The van der Waals surface area contributed by atoms with Crippen LogP contribution in [0, 0.1) is 0 Å². The molecule has 110 valence electrons. The van der Waals surface area contributed by atoms with E-state index in [1.807, 2.05) is 0 Å². The maximum Gasteiger partial charge on any atom is 0.416 e. The van der Waals surface area contributed by atoms with Gasteiger partial charge in [-0.3, -0.25) is 4.57 Å². The number of anilines is 1. The zero-order valence-corrected chi connectivity index (χ0v) is 11.4. The van der Waals surface area contributed by atoms with E-state index in [4.69, 9.17) is 15.6 Å². The first kappa shape index (κ1) is 13.6. The second kappa shape index (κ2) is 5.57. The van der Waals surface area contributed by atoms with Crippen molar-refractivity contribution in [2.24, 2.45) is 0 Å². The van der Waals surface area contributed by atoms with Crippen LogP contribution in [0.15, 0.2) is 55.0 Å². The summed E-state index contributed by atoms with van der Waals surface area (Å²) in [5.74, 6) is 0.889. The third-order valence-electron chi connectivity index (χ3n) is 2.96. The van der Waals surface area contributed by atoms with Crippen molar-refractivity contribution in [3.05, 3.63) is 55.0 Å². The highest BCUT2D eigenvalue weighted by atomic mass is 16.5. The minimum Gasteiger partial charge on any atom is -0.464 e. The van der Waals surface area contributed by atoms with E-state index in [0.717, 1.165) is 4.57 Å². The van der Waals surface area contributed by atoms with Gasteiger partial charge < -0.3 is 15.6 Å². The van der Waals surface area contributed by atoms with Crippen molar-refractivity contribution < 1.29 is 14.6 Å². The highest BCUT2D eigenvalue weighted by Gasteiger charge is 2.11. The predicted molar refractivity (Wildman–Crippen MR) is 79.8 cm³/mol. The third-order valence-corrected chi connectivity index (χ3v) is 2.96. The average Bonchev–Trinajstić information content (AvgIpc) is 3.00. The Kier molecular flexibility index (Phi) is 3.45. The maximum absolute atomic E-state index is 11.1. The lowest BCUT2D eigenvalue weighted by atomic mass is 10.3. The maximum atomic E-state index is 11.1. The second-order valence-corrected chi connectivity index (χ2v) is 4.46. The van der Waals surface area contributed by atoms with Crippen molar-refractivity contribution in [3.63, 3.8) is 0 Å². The number of ether oxygens (including phenoxy) is 1. The lowest BCUT2D eigenvalue weighted by molar-refractivity contribution is 0.197. The summed E-state index contributed by atoms with van der Waals surface area (Å²) in [7, 11) is 0. The second-order valence-electron chi connectivity index (χ2n) is 4.46. The van der Waals surface area contributed by atoms with Crippen LogP contribution in [0.2, 0.25) is 0 Å². The highest BCUT2D eigenvalue weighted by Crippen LogP contribution is 2.24. The molecule has 0 radical (unpaired) electrons. The number of nitrogens with two attached hydrogens (primary N) is 1. The topological polar surface area (TPSA) is 103 Å². The molecular weight excluding hydrogens is 284 g/mol. The molecule has 0 unspecified atom stereocenters. The Bertz CT molecular complexity index is 812. The molecule has 0 atom stereocenters. The van der Waals surface area contributed by atoms with Crippen molar-refractivity contribution in [1.29, 1.82) is 0 Å². The number of carboxylic acid groups (broad SMARTS) is 1. The number of aromatic nitrogens is 3. The minimum atomic E-state index is -1.08. The lowest BCUT2D eigenvalue weighted by Crippen LogP contribution is -2.08. The standard InChI is InChI=1S/C15H12N4O3/c16-10-3-5-11(6-4-10)22-14-8-12(17-9-18-14)13-2-1-7-19(13)15(20)21/h1-9H,16H2,(H,20,21). The normalized spacial score (nSPS) is 10.4. The Hall–Kier alpha value is -3.35. The van der Waals surface area contributed by atoms with Gasteiger partial charge in [-0.25, -0.2) is 14.8 Å². The number of carbonyl (C=O) groups is 1. The van der Waals surface area contributed by atoms with Crippen LogP contribution in [0.5, 0.6) is 11.6 Å². The van der Waals surface area contributed by atoms with Gasteiger partial charge in [0.05, 0.1) is 11.4 Å². The van der Waals surface area contributed by atoms with Crippen molar-refractivity contribution in [1.82, 2.24) is 14.5 Å². The molecule has 3 aromatic rings. The van der Waals surface area contributed by atoms with Crippen LogP contribution >= 0.6 is 0 Å². The molecule has 3 N–H and O–H groups in total. The molecule has 0 amide bonds. The van der Waals surface area contributed by atoms with Gasteiger partial charge in [0.15, 0.2) is 0 Å². The summed E-state index contributed by atoms with van der Waals surface area (Å²) in [5, 5.41) is 9.12. The van der Waals surface area contributed by atoms with Crippen LogP contribution in [-0.2, 0) is 0 Å². The molecule has 2 aromatic heterocycles. The van der Waals surface area contributed by atoms with Gasteiger partial charge in [-0.05, 0) is 36.4 Å². The first-order valence-corrected chi connectivity index (χ1v) is 6.40. The molecule has 0 aliphatic carbocycles. The molecule has 0 saturated carbocycles. The summed E-state index contributed by atoms with van der Waals surface area (Å²) in [6.07, 6.45) is 1.68. The van der Waals surface area contributed by atoms with E-state index >= 15 is 0 Å². The summed E-state index contributed by atoms with van der Waals surface area (Å²) in [4.78, 5) is 19.2. The van der Waals surface area contributed by atoms with E-state index in [0.29, 0.717) is 28.7 Å². The van der Waals surface area contributed by atoms with E-state index in [2.05, 4.69) is 9.97 Å². The van der Waals surface area contributed by atoms with Crippen LogP contribution < -0.4 is 10.5 Å². The summed E-state index contributed by atoms with van der Waals surface area (Å²) in [5.41, 5.74) is 7.14. The Labute approximate surface area is 125 Å². The molecular formula is C15H12N4O3. The predicted octanol–water partition coefficient (Wildman–Crippen LogP) is 2.85. The molecule has 3 rings (SSSR count). The molecule has 0 saturated heterocycles. The molecule has 0 aliphatic rings. The van der Waals surface area contributed by atoms with E-state index in [9.17, 15) is 4.79 Å². The Morgan fingerprint density at radius 3 is 2.68 bits per heavy atom. The van der Waals surface area contributed by atoms with Gasteiger partial charge >= 0.3 is 6.09 Å². The fourth-order valence-electron chi connectivity index (χ4n) is 1.95. The summed E-state index contributed by atoms with van der Waals surface area (Å²) in [6.45, 7) is 0. The van der Waals surface area contributed by atoms with E-state index < -0.39 is 6.09 Å². The number of benzene rings is 1. The number of hydrogen-bond donors (Lipinski definition) is 2. The third kappa shape index (κ3) is 2.73. The van der Waals surface area contributed by atoms with Gasteiger partial charge in [-0.1, -0.05) is 0 Å². The van der Waals surface area contributed by atoms with Crippen LogP contribution in [0.25, 0.3) is 11.4 Å².